The summed E-state index contributed by atoms with van der Waals surface area (Å²) in [5, 5.41) is 5.11. The van der Waals surface area contributed by atoms with Crippen molar-refractivity contribution in [1.29, 1.82) is 0 Å². The molecule has 0 saturated heterocycles. The zero-order valence-electron chi connectivity index (χ0n) is 11.3. The molecule has 4 nitrogen and oxygen atoms in total. The third-order valence-corrected chi connectivity index (χ3v) is 2.36. The van der Waals surface area contributed by atoms with Crippen molar-refractivity contribution in [1.82, 2.24) is 5.32 Å². The van der Waals surface area contributed by atoms with Gasteiger partial charge in [-0.2, -0.15) is 13.2 Å². The highest BCUT2D eigenvalue weighted by atomic mass is 19.4. The molecule has 1 aromatic rings. The van der Waals surface area contributed by atoms with Crippen LogP contribution < -0.4 is 10.6 Å². The third kappa shape index (κ3) is 5.48. The number of benzene rings is 1. The maximum atomic E-state index is 12.7. The number of rotatable bonds is 5. The molecule has 0 aromatic heterocycles. The van der Waals surface area contributed by atoms with Crippen LogP contribution in [0.4, 0.5) is 23.7 Å². The van der Waals surface area contributed by atoms with Gasteiger partial charge in [0.2, 0.25) is 0 Å². The number of hydrogen-bond acceptors (Lipinski definition) is 3. The number of alkyl halides is 3. The molecule has 0 radical (unpaired) electrons. The molecule has 0 bridgehead atoms. The van der Waals surface area contributed by atoms with Crippen LogP contribution in [0.1, 0.15) is 19.4 Å². The lowest BCUT2D eigenvalue weighted by Gasteiger charge is -2.14. The maximum Gasteiger partial charge on any atom is 0.418 e. The van der Waals surface area contributed by atoms with Gasteiger partial charge in [-0.15, -0.1) is 0 Å². The van der Waals surface area contributed by atoms with Gasteiger partial charge in [-0.05, 0) is 12.1 Å². The number of halogens is 3. The van der Waals surface area contributed by atoms with Gasteiger partial charge in [-0.1, -0.05) is 26.0 Å². The van der Waals surface area contributed by atoms with Crippen LogP contribution in [0.25, 0.3) is 0 Å². The molecule has 7 heteroatoms. The first-order valence-electron chi connectivity index (χ1n) is 6.14. The van der Waals surface area contributed by atoms with Crippen LogP contribution in [0.3, 0.4) is 0 Å². The smallest absolute Gasteiger partial charge is 0.418 e. The molecule has 0 spiro atoms. The van der Waals surface area contributed by atoms with Gasteiger partial charge in [0.15, 0.2) is 0 Å². The van der Waals surface area contributed by atoms with Crippen molar-refractivity contribution in [2.24, 2.45) is 0 Å². The van der Waals surface area contributed by atoms with E-state index in [1.165, 1.54) is 18.2 Å². The lowest BCUT2D eigenvalue weighted by Crippen LogP contribution is -2.28. The van der Waals surface area contributed by atoms with Gasteiger partial charge in [0.1, 0.15) is 6.61 Å². The van der Waals surface area contributed by atoms with Crippen molar-refractivity contribution in [3.8, 4) is 0 Å². The summed E-state index contributed by atoms with van der Waals surface area (Å²) < 4.78 is 42.9. The largest absolute Gasteiger partial charge is 0.448 e. The zero-order valence-corrected chi connectivity index (χ0v) is 11.3. The number of amides is 1. The van der Waals surface area contributed by atoms with Gasteiger partial charge in [0.25, 0.3) is 0 Å². The highest BCUT2D eigenvalue weighted by Crippen LogP contribution is 2.34. The molecule has 1 aromatic carbocycles. The summed E-state index contributed by atoms with van der Waals surface area (Å²) in [5.74, 6) is 0. The van der Waals surface area contributed by atoms with Crippen molar-refractivity contribution in [2.45, 2.75) is 26.1 Å². The van der Waals surface area contributed by atoms with Crippen molar-refractivity contribution in [2.75, 3.05) is 18.5 Å². The fraction of sp³-hybridized carbons (Fsp3) is 0.462. The summed E-state index contributed by atoms with van der Waals surface area (Å²) >= 11 is 0. The molecule has 0 fully saturated rings. The Labute approximate surface area is 115 Å². The van der Waals surface area contributed by atoms with Crippen LogP contribution in [0.5, 0.6) is 0 Å². The summed E-state index contributed by atoms with van der Waals surface area (Å²) in [5.41, 5.74) is -1.22. The molecule has 1 rings (SSSR count). The van der Waals surface area contributed by atoms with E-state index >= 15 is 0 Å². The molecule has 2 N–H and O–H groups in total. The number of hydrogen-bond donors (Lipinski definition) is 2. The SMILES string of the molecule is CC(C)NCCOC(=O)Nc1ccccc1C(F)(F)F. The lowest BCUT2D eigenvalue weighted by atomic mass is 10.2. The number of anilines is 1. The van der Waals surface area contributed by atoms with Gasteiger partial charge in [0, 0.05) is 12.6 Å². The van der Waals surface area contributed by atoms with Gasteiger partial charge in [-0.25, -0.2) is 4.79 Å². The monoisotopic (exact) mass is 290 g/mol. The van der Waals surface area contributed by atoms with E-state index in [1.54, 1.807) is 0 Å². The van der Waals surface area contributed by atoms with Crippen molar-refractivity contribution in [3.63, 3.8) is 0 Å². The Bertz CT molecular complexity index is 447. The molecule has 0 heterocycles. The first-order valence-corrected chi connectivity index (χ1v) is 6.14. The number of nitrogens with one attached hydrogen (secondary N) is 2. The molecule has 112 valence electrons. The minimum absolute atomic E-state index is 0.0815. The average molecular weight is 290 g/mol. The topological polar surface area (TPSA) is 50.4 Å². The maximum absolute atomic E-state index is 12.7. The fourth-order valence-corrected chi connectivity index (χ4v) is 1.48. The van der Waals surface area contributed by atoms with Crippen LogP contribution in [-0.2, 0) is 10.9 Å². The number of carbonyl (C=O) groups excluding carboxylic acids is 1. The van der Waals surface area contributed by atoms with E-state index in [-0.39, 0.29) is 18.3 Å². The summed E-state index contributed by atoms with van der Waals surface area (Å²) in [6, 6.07) is 4.98. The molecule has 0 aliphatic carbocycles. The van der Waals surface area contributed by atoms with Crippen LogP contribution in [0.15, 0.2) is 24.3 Å². The van der Waals surface area contributed by atoms with E-state index in [0.717, 1.165) is 6.07 Å². The first-order chi connectivity index (χ1) is 9.30. The summed E-state index contributed by atoms with van der Waals surface area (Å²) in [6.07, 6.45) is -5.43. The Balaban J connectivity index is 2.54. The molecule has 0 aliphatic heterocycles. The van der Waals surface area contributed by atoms with E-state index < -0.39 is 17.8 Å². The van der Waals surface area contributed by atoms with Gasteiger partial charge < -0.3 is 10.1 Å². The average Bonchev–Trinajstić information content (AvgIpc) is 2.34. The van der Waals surface area contributed by atoms with E-state index in [9.17, 15) is 18.0 Å². The summed E-state index contributed by atoms with van der Waals surface area (Å²) in [4.78, 5) is 11.4. The predicted octanol–water partition coefficient (Wildman–Crippen LogP) is 3.25. The minimum atomic E-state index is -4.52. The Morgan fingerprint density at radius 2 is 1.95 bits per heavy atom. The van der Waals surface area contributed by atoms with Crippen LogP contribution in [0, 0.1) is 0 Å². The number of ether oxygens (including phenoxy) is 1. The van der Waals surface area contributed by atoms with E-state index in [2.05, 4.69) is 10.6 Å². The Morgan fingerprint density at radius 3 is 2.55 bits per heavy atom. The van der Waals surface area contributed by atoms with Crippen molar-refractivity contribution in [3.05, 3.63) is 29.8 Å². The number of carbonyl (C=O) groups is 1. The second-order valence-corrected chi connectivity index (χ2v) is 4.41. The van der Waals surface area contributed by atoms with Gasteiger partial charge >= 0.3 is 12.3 Å². The highest BCUT2D eigenvalue weighted by Gasteiger charge is 2.33. The number of para-hydroxylation sites is 1. The Hall–Kier alpha value is -1.76. The second kappa shape index (κ2) is 7.14. The molecule has 0 atom stereocenters. The van der Waals surface area contributed by atoms with Crippen molar-refractivity contribution >= 4 is 11.8 Å². The van der Waals surface area contributed by atoms with E-state index in [1.807, 2.05) is 13.8 Å². The molecule has 20 heavy (non-hydrogen) atoms. The predicted molar refractivity (Wildman–Crippen MR) is 69.6 cm³/mol. The Morgan fingerprint density at radius 1 is 1.30 bits per heavy atom. The lowest BCUT2D eigenvalue weighted by molar-refractivity contribution is -0.136. The zero-order chi connectivity index (χ0) is 15.2. The molecule has 0 saturated carbocycles. The summed E-state index contributed by atoms with van der Waals surface area (Å²) in [6.45, 7) is 4.38. The van der Waals surface area contributed by atoms with Crippen molar-refractivity contribution < 1.29 is 22.7 Å². The van der Waals surface area contributed by atoms with Crippen LogP contribution in [0.2, 0.25) is 0 Å². The van der Waals surface area contributed by atoms with Gasteiger partial charge in [0.05, 0.1) is 11.3 Å². The standard InChI is InChI=1S/C13H17F3N2O2/c1-9(2)17-7-8-20-12(19)18-11-6-4-3-5-10(11)13(14,15)16/h3-6,9,17H,7-8H2,1-2H3,(H,18,19). The summed E-state index contributed by atoms with van der Waals surface area (Å²) in [7, 11) is 0. The Kier molecular flexibility index (Phi) is 5.82. The molecule has 0 unspecified atom stereocenters. The second-order valence-electron chi connectivity index (χ2n) is 4.41. The van der Waals surface area contributed by atoms with Crippen LogP contribution in [-0.4, -0.2) is 25.3 Å². The van der Waals surface area contributed by atoms with Crippen LogP contribution >= 0.6 is 0 Å². The molecule has 1 amide bonds. The van der Waals surface area contributed by atoms with E-state index in [4.69, 9.17) is 4.74 Å². The first kappa shape index (κ1) is 16.3. The minimum Gasteiger partial charge on any atom is -0.448 e. The highest BCUT2D eigenvalue weighted by molar-refractivity contribution is 5.85. The molecular weight excluding hydrogens is 273 g/mol. The fourth-order valence-electron chi connectivity index (χ4n) is 1.48. The normalized spacial score (nSPS) is 11.5. The molecular formula is C13H17F3N2O2. The van der Waals surface area contributed by atoms with E-state index in [0.29, 0.717) is 6.54 Å². The third-order valence-electron chi connectivity index (χ3n) is 2.36. The molecule has 0 aliphatic rings. The van der Waals surface area contributed by atoms with Gasteiger partial charge in [-0.3, -0.25) is 5.32 Å². The quantitative estimate of drug-likeness (QED) is 0.818.